The van der Waals surface area contributed by atoms with Crippen LogP contribution < -0.4 is 10.1 Å². The molecule has 0 radical (unpaired) electrons. The van der Waals surface area contributed by atoms with Gasteiger partial charge in [0.05, 0.1) is 6.54 Å². The van der Waals surface area contributed by atoms with Gasteiger partial charge in [0.15, 0.2) is 17.6 Å². The maximum atomic E-state index is 13.1. The van der Waals surface area contributed by atoms with Crippen LogP contribution in [0.4, 0.5) is 8.78 Å². The lowest BCUT2D eigenvalue weighted by molar-refractivity contribution is 0.0625. The van der Waals surface area contributed by atoms with Gasteiger partial charge in [0.2, 0.25) is 0 Å². The van der Waals surface area contributed by atoms with Crippen LogP contribution in [-0.4, -0.2) is 57.9 Å². The molecular formula is C18H28F2IN3O2. The maximum absolute atomic E-state index is 13.1. The van der Waals surface area contributed by atoms with E-state index in [4.69, 9.17) is 9.47 Å². The molecule has 1 saturated heterocycles. The molecule has 0 unspecified atom stereocenters. The lowest BCUT2D eigenvalue weighted by Gasteiger charge is -2.26. The average Bonchev–Trinajstić information content (AvgIpc) is 2.63. The smallest absolute Gasteiger partial charge is 0.193 e. The van der Waals surface area contributed by atoms with E-state index in [0.29, 0.717) is 24.8 Å². The monoisotopic (exact) mass is 483 g/mol. The summed E-state index contributed by atoms with van der Waals surface area (Å²) in [5.74, 6) is 0.0293. The third-order valence-corrected chi connectivity index (χ3v) is 4.33. The van der Waals surface area contributed by atoms with Crippen molar-refractivity contribution in [1.29, 1.82) is 0 Å². The second kappa shape index (κ2) is 12.3. The Bertz CT molecular complexity index is 569. The summed E-state index contributed by atoms with van der Waals surface area (Å²) in [6.07, 6.45) is 3.37. The molecule has 5 nitrogen and oxygen atoms in total. The zero-order chi connectivity index (χ0) is 18.1. The fraction of sp³-hybridized carbons (Fsp3) is 0.611. The van der Waals surface area contributed by atoms with Gasteiger partial charge in [0, 0.05) is 39.9 Å². The van der Waals surface area contributed by atoms with Gasteiger partial charge < -0.3 is 19.7 Å². The maximum Gasteiger partial charge on any atom is 0.193 e. The first-order valence-corrected chi connectivity index (χ1v) is 8.67. The summed E-state index contributed by atoms with van der Waals surface area (Å²) in [5, 5.41) is 3.21. The van der Waals surface area contributed by atoms with Crippen LogP contribution in [0.1, 0.15) is 19.3 Å². The van der Waals surface area contributed by atoms with Crippen molar-refractivity contribution >= 4 is 29.9 Å². The van der Waals surface area contributed by atoms with Gasteiger partial charge in [-0.2, -0.15) is 0 Å². The SMILES string of the molecule is CN=C(NCCOc1ccc(F)c(F)c1)N(C)CCC1CCOCC1.I. The number of ether oxygens (including phenoxy) is 2. The second-order valence-electron chi connectivity index (χ2n) is 6.16. The summed E-state index contributed by atoms with van der Waals surface area (Å²) in [4.78, 5) is 6.35. The Balaban J connectivity index is 0.00000338. The minimum atomic E-state index is -0.908. The molecular weight excluding hydrogens is 455 g/mol. The summed E-state index contributed by atoms with van der Waals surface area (Å²) in [5.41, 5.74) is 0. The van der Waals surface area contributed by atoms with E-state index < -0.39 is 11.6 Å². The summed E-state index contributed by atoms with van der Waals surface area (Å²) < 4.78 is 36.8. The molecule has 0 aliphatic carbocycles. The van der Waals surface area contributed by atoms with Gasteiger partial charge in [-0.05, 0) is 37.3 Å². The third kappa shape index (κ3) is 7.61. The molecule has 0 aromatic heterocycles. The fourth-order valence-corrected chi connectivity index (χ4v) is 2.80. The van der Waals surface area contributed by atoms with Crippen LogP contribution in [0.5, 0.6) is 5.75 Å². The van der Waals surface area contributed by atoms with Crippen molar-refractivity contribution in [3.63, 3.8) is 0 Å². The number of halogens is 3. The second-order valence-corrected chi connectivity index (χ2v) is 6.16. The van der Waals surface area contributed by atoms with E-state index in [1.807, 2.05) is 7.05 Å². The Morgan fingerprint density at radius 1 is 1.31 bits per heavy atom. The van der Waals surface area contributed by atoms with E-state index in [1.54, 1.807) is 7.05 Å². The predicted molar refractivity (Wildman–Crippen MR) is 109 cm³/mol. The van der Waals surface area contributed by atoms with Crippen LogP contribution in [0, 0.1) is 17.6 Å². The van der Waals surface area contributed by atoms with Crippen LogP contribution in [0.15, 0.2) is 23.2 Å². The summed E-state index contributed by atoms with van der Waals surface area (Å²) in [6, 6.07) is 3.51. The van der Waals surface area contributed by atoms with E-state index in [1.165, 1.54) is 6.07 Å². The molecule has 1 aliphatic heterocycles. The van der Waals surface area contributed by atoms with Gasteiger partial charge in [0.25, 0.3) is 0 Å². The van der Waals surface area contributed by atoms with Gasteiger partial charge in [-0.3, -0.25) is 4.99 Å². The number of rotatable bonds is 7. The van der Waals surface area contributed by atoms with E-state index in [2.05, 4.69) is 15.2 Å². The number of guanidine groups is 1. The van der Waals surface area contributed by atoms with Crippen LogP contribution >= 0.6 is 24.0 Å². The first-order chi connectivity index (χ1) is 12.1. The van der Waals surface area contributed by atoms with E-state index >= 15 is 0 Å². The average molecular weight is 483 g/mol. The Morgan fingerprint density at radius 2 is 2.04 bits per heavy atom. The zero-order valence-electron chi connectivity index (χ0n) is 15.3. The first kappa shape index (κ1) is 22.9. The molecule has 1 aliphatic rings. The van der Waals surface area contributed by atoms with Gasteiger partial charge in [-0.1, -0.05) is 0 Å². The minimum absolute atomic E-state index is 0. The number of hydrogen-bond acceptors (Lipinski definition) is 3. The summed E-state index contributed by atoms with van der Waals surface area (Å²) >= 11 is 0. The molecule has 0 bridgehead atoms. The number of nitrogens with one attached hydrogen (secondary N) is 1. The predicted octanol–water partition coefficient (Wildman–Crippen LogP) is 3.29. The highest BCUT2D eigenvalue weighted by Crippen LogP contribution is 2.18. The number of nitrogens with zero attached hydrogens (tertiary/aromatic N) is 2. The number of aliphatic imine (C=N–C) groups is 1. The molecule has 0 saturated carbocycles. The highest BCUT2D eigenvalue weighted by Gasteiger charge is 2.15. The van der Waals surface area contributed by atoms with Crippen molar-refractivity contribution in [3.8, 4) is 5.75 Å². The highest BCUT2D eigenvalue weighted by atomic mass is 127. The molecule has 26 heavy (non-hydrogen) atoms. The largest absolute Gasteiger partial charge is 0.492 e. The van der Waals surface area contributed by atoms with Gasteiger partial charge in [0.1, 0.15) is 12.4 Å². The van der Waals surface area contributed by atoms with Gasteiger partial charge in [-0.25, -0.2) is 8.78 Å². The Morgan fingerprint density at radius 3 is 2.69 bits per heavy atom. The van der Waals surface area contributed by atoms with E-state index in [9.17, 15) is 8.78 Å². The lowest BCUT2D eigenvalue weighted by Crippen LogP contribution is -2.41. The molecule has 1 heterocycles. The van der Waals surface area contributed by atoms with Gasteiger partial charge in [-0.15, -0.1) is 24.0 Å². The quantitative estimate of drug-likeness (QED) is 0.280. The van der Waals surface area contributed by atoms with Crippen molar-refractivity contribution in [3.05, 3.63) is 29.8 Å². The van der Waals surface area contributed by atoms with E-state index in [0.717, 1.165) is 57.1 Å². The van der Waals surface area contributed by atoms with Crippen molar-refractivity contribution < 1.29 is 18.3 Å². The Kier molecular flexibility index (Phi) is 10.8. The fourth-order valence-electron chi connectivity index (χ4n) is 2.80. The van der Waals surface area contributed by atoms with Crippen molar-refractivity contribution in [1.82, 2.24) is 10.2 Å². The normalized spacial score (nSPS) is 15.3. The standard InChI is InChI=1S/C18H27F2N3O2.HI/c1-21-18(23(2)9-5-14-6-10-24-11-7-14)22-8-12-25-15-3-4-16(19)17(20)13-15;/h3-4,13-14H,5-12H2,1-2H3,(H,21,22);1H. The third-order valence-electron chi connectivity index (χ3n) is 4.33. The number of hydrogen-bond donors (Lipinski definition) is 1. The molecule has 1 aromatic rings. The molecule has 1 fully saturated rings. The lowest BCUT2D eigenvalue weighted by atomic mass is 9.96. The molecule has 2 rings (SSSR count). The van der Waals surface area contributed by atoms with E-state index in [-0.39, 0.29) is 24.0 Å². The molecule has 0 atom stereocenters. The Labute approximate surface area is 171 Å². The van der Waals surface area contributed by atoms with Crippen LogP contribution in [0.25, 0.3) is 0 Å². The number of benzene rings is 1. The van der Waals surface area contributed by atoms with Crippen molar-refractivity contribution in [2.45, 2.75) is 19.3 Å². The van der Waals surface area contributed by atoms with Crippen LogP contribution in [-0.2, 0) is 4.74 Å². The molecule has 0 spiro atoms. The highest BCUT2D eigenvalue weighted by molar-refractivity contribution is 14.0. The van der Waals surface area contributed by atoms with Crippen molar-refractivity contribution in [2.24, 2.45) is 10.9 Å². The molecule has 0 amide bonds. The minimum Gasteiger partial charge on any atom is -0.492 e. The van der Waals surface area contributed by atoms with Crippen LogP contribution in [0.2, 0.25) is 0 Å². The molecule has 1 aromatic carbocycles. The molecule has 8 heteroatoms. The van der Waals surface area contributed by atoms with Gasteiger partial charge >= 0.3 is 0 Å². The zero-order valence-corrected chi connectivity index (χ0v) is 17.7. The summed E-state index contributed by atoms with van der Waals surface area (Å²) in [6.45, 7) is 3.50. The topological polar surface area (TPSA) is 46.1 Å². The first-order valence-electron chi connectivity index (χ1n) is 8.67. The Hall–Kier alpha value is -1.16. The summed E-state index contributed by atoms with van der Waals surface area (Å²) in [7, 11) is 3.74. The van der Waals surface area contributed by atoms with Crippen LogP contribution in [0.3, 0.4) is 0 Å². The molecule has 1 N–H and O–H groups in total. The molecule has 148 valence electrons. The van der Waals surface area contributed by atoms with Crippen molar-refractivity contribution in [2.75, 3.05) is 47.0 Å².